The molecule has 0 bridgehead atoms. The molecule has 1 aromatic heterocycles. The fourth-order valence-electron chi connectivity index (χ4n) is 2.02. The fourth-order valence-corrected chi connectivity index (χ4v) is 2.70. The summed E-state index contributed by atoms with van der Waals surface area (Å²) in [5.41, 5.74) is -0.181. The number of nitrogens with zero attached hydrogens (tertiary/aromatic N) is 2. The summed E-state index contributed by atoms with van der Waals surface area (Å²) in [6.45, 7) is 5.78. The predicted molar refractivity (Wildman–Crippen MR) is 91.7 cm³/mol. The molecule has 0 spiro atoms. The first kappa shape index (κ1) is 18.7. The summed E-state index contributed by atoms with van der Waals surface area (Å²) in [7, 11) is -3.63. The molecule has 1 aromatic carbocycles. The molecule has 2 N–H and O–H groups in total. The lowest BCUT2D eigenvalue weighted by Crippen LogP contribution is -2.22. The molecule has 2 rings (SSSR count). The number of nitrogens with one attached hydrogen (secondary N) is 1. The number of anilines is 1. The van der Waals surface area contributed by atoms with Gasteiger partial charge in [0.1, 0.15) is 0 Å². The summed E-state index contributed by atoms with van der Waals surface area (Å²) in [5, 5.41) is 15.8. The van der Waals surface area contributed by atoms with Crippen LogP contribution >= 0.6 is 0 Å². The Kier molecular flexibility index (Phi) is 4.72. The molecule has 8 nitrogen and oxygen atoms in total. The second-order valence-corrected chi connectivity index (χ2v) is 8.64. The van der Waals surface area contributed by atoms with Gasteiger partial charge >= 0.3 is 5.97 Å². The minimum Gasteiger partial charge on any atom is -0.478 e. The van der Waals surface area contributed by atoms with Crippen LogP contribution in [0, 0.1) is 0 Å². The van der Waals surface area contributed by atoms with Crippen LogP contribution in [0.15, 0.2) is 35.5 Å². The number of aromatic nitrogens is 2. The maximum atomic E-state index is 12.3. The van der Waals surface area contributed by atoms with Crippen molar-refractivity contribution in [2.75, 3.05) is 11.6 Å². The Morgan fingerprint density at radius 2 is 1.80 bits per heavy atom. The normalized spacial score (nSPS) is 12.0. The quantitative estimate of drug-likeness (QED) is 0.855. The average molecular weight is 365 g/mol. The van der Waals surface area contributed by atoms with Crippen molar-refractivity contribution in [3.8, 4) is 0 Å². The molecule has 2 aromatic rings. The van der Waals surface area contributed by atoms with Crippen LogP contribution in [0.25, 0.3) is 0 Å². The van der Waals surface area contributed by atoms with E-state index in [0.717, 1.165) is 12.3 Å². The number of benzene rings is 1. The first-order valence-electron chi connectivity index (χ1n) is 7.33. The summed E-state index contributed by atoms with van der Waals surface area (Å²) in [5.74, 6) is -1.81. The van der Waals surface area contributed by atoms with Gasteiger partial charge in [-0.05, 0) is 39.0 Å². The van der Waals surface area contributed by atoms with Gasteiger partial charge in [0.2, 0.25) is 0 Å². The van der Waals surface area contributed by atoms with Crippen LogP contribution in [-0.4, -0.2) is 41.4 Å². The van der Waals surface area contributed by atoms with E-state index >= 15 is 0 Å². The molecular formula is C16H19N3O5S. The Morgan fingerprint density at radius 3 is 2.28 bits per heavy atom. The van der Waals surface area contributed by atoms with E-state index in [9.17, 15) is 18.0 Å². The van der Waals surface area contributed by atoms with Gasteiger partial charge in [0.25, 0.3) is 5.91 Å². The molecule has 0 aliphatic heterocycles. The number of amides is 1. The number of hydrogen-bond donors (Lipinski definition) is 2. The lowest BCUT2D eigenvalue weighted by atomic mass is 10.1. The summed E-state index contributed by atoms with van der Waals surface area (Å²) >= 11 is 0. The average Bonchev–Trinajstić information content (AvgIpc) is 2.95. The van der Waals surface area contributed by atoms with Gasteiger partial charge < -0.3 is 10.4 Å². The molecule has 25 heavy (non-hydrogen) atoms. The molecular weight excluding hydrogens is 346 g/mol. The van der Waals surface area contributed by atoms with Gasteiger partial charge in [0, 0.05) is 18.1 Å². The van der Waals surface area contributed by atoms with E-state index in [4.69, 9.17) is 5.11 Å². The molecule has 0 fully saturated rings. The SMILES string of the molecule is CC(C)(C)n1cc(C(=O)Nc2cc(C(=O)O)cc(S(C)(=O)=O)c2)cn1. The second-order valence-electron chi connectivity index (χ2n) is 6.62. The molecule has 0 saturated carbocycles. The molecule has 0 atom stereocenters. The minimum absolute atomic E-state index is 0.0776. The number of carboxylic acids is 1. The molecule has 0 aliphatic carbocycles. The third-order valence-electron chi connectivity index (χ3n) is 3.37. The van der Waals surface area contributed by atoms with Crippen molar-refractivity contribution in [3.05, 3.63) is 41.7 Å². The van der Waals surface area contributed by atoms with E-state index in [-0.39, 0.29) is 27.2 Å². The Balaban J connectivity index is 2.36. The third-order valence-corrected chi connectivity index (χ3v) is 4.46. The number of rotatable bonds is 4. The topological polar surface area (TPSA) is 118 Å². The zero-order valence-electron chi connectivity index (χ0n) is 14.3. The lowest BCUT2D eigenvalue weighted by Gasteiger charge is -2.18. The second kappa shape index (κ2) is 6.32. The molecule has 1 amide bonds. The van der Waals surface area contributed by atoms with Gasteiger partial charge in [-0.1, -0.05) is 0 Å². The molecule has 0 radical (unpaired) electrons. The van der Waals surface area contributed by atoms with Crippen LogP contribution in [0.3, 0.4) is 0 Å². The van der Waals surface area contributed by atoms with Crippen LogP contribution in [0.4, 0.5) is 5.69 Å². The largest absolute Gasteiger partial charge is 0.478 e. The number of aromatic carboxylic acids is 1. The van der Waals surface area contributed by atoms with Crippen LogP contribution < -0.4 is 5.32 Å². The molecule has 0 unspecified atom stereocenters. The van der Waals surface area contributed by atoms with Crippen molar-refractivity contribution in [1.82, 2.24) is 9.78 Å². The van der Waals surface area contributed by atoms with Gasteiger partial charge in [0.15, 0.2) is 9.84 Å². The van der Waals surface area contributed by atoms with Crippen LogP contribution in [0.1, 0.15) is 41.5 Å². The standard InChI is InChI=1S/C16H19N3O5S/c1-16(2,3)19-9-11(8-17-19)14(20)18-12-5-10(15(21)22)6-13(7-12)25(4,23)24/h5-9H,1-4H3,(H,18,20)(H,21,22). The Morgan fingerprint density at radius 1 is 1.16 bits per heavy atom. The van der Waals surface area contributed by atoms with Gasteiger partial charge in [0.05, 0.1) is 27.8 Å². The lowest BCUT2D eigenvalue weighted by molar-refractivity contribution is 0.0696. The van der Waals surface area contributed by atoms with E-state index in [2.05, 4.69) is 10.4 Å². The Hall–Kier alpha value is -2.68. The number of hydrogen-bond acceptors (Lipinski definition) is 5. The number of sulfone groups is 1. The Bertz CT molecular complexity index is 939. The first-order valence-corrected chi connectivity index (χ1v) is 9.22. The van der Waals surface area contributed by atoms with Gasteiger partial charge in [-0.3, -0.25) is 9.48 Å². The highest BCUT2D eigenvalue weighted by Gasteiger charge is 2.18. The summed E-state index contributed by atoms with van der Waals surface area (Å²) < 4.78 is 25.0. The van der Waals surface area contributed by atoms with Crippen molar-refractivity contribution >= 4 is 27.4 Å². The van der Waals surface area contributed by atoms with Crippen molar-refractivity contribution < 1.29 is 23.1 Å². The Labute approximate surface area is 145 Å². The summed E-state index contributed by atoms with van der Waals surface area (Å²) in [6, 6.07) is 3.46. The summed E-state index contributed by atoms with van der Waals surface area (Å²) in [6.07, 6.45) is 3.92. The van der Waals surface area contributed by atoms with Gasteiger partial charge in [-0.15, -0.1) is 0 Å². The molecule has 1 heterocycles. The fraction of sp³-hybridized carbons (Fsp3) is 0.312. The molecule has 0 aliphatic rings. The minimum atomic E-state index is -3.63. The van der Waals surface area contributed by atoms with E-state index < -0.39 is 21.7 Å². The van der Waals surface area contributed by atoms with Crippen LogP contribution in [-0.2, 0) is 15.4 Å². The monoisotopic (exact) mass is 365 g/mol. The molecule has 9 heteroatoms. The van der Waals surface area contributed by atoms with E-state index in [1.165, 1.54) is 18.3 Å². The maximum absolute atomic E-state index is 12.3. The zero-order chi connectivity index (χ0) is 19.0. The van der Waals surface area contributed by atoms with E-state index in [1.54, 1.807) is 10.9 Å². The predicted octanol–water partition coefficient (Wildman–Crippen LogP) is 1.99. The van der Waals surface area contributed by atoms with Gasteiger partial charge in [-0.25, -0.2) is 13.2 Å². The highest BCUT2D eigenvalue weighted by atomic mass is 32.2. The van der Waals surface area contributed by atoms with Crippen molar-refractivity contribution in [2.24, 2.45) is 0 Å². The van der Waals surface area contributed by atoms with Crippen molar-refractivity contribution in [1.29, 1.82) is 0 Å². The molecule has 134 valence electrons. The van der Waals surface area contributed by atoms with Crippen LogP contribution in [0.5, 0.6) is 0 Å². The highest BCUT2D eigenvalue weighted by molar-refractivity contribution is 7.90. The van der Waals surface area contributed by atoms with E-state index in [1.807, 2.05) is 20.8 Å². The first-order chi connectivity index (χ1) is 11.4. The number of carbonyl (C=O) groups excluding carboxylic acids is 1. The van der Waals surface area contributed by atoms with E-state index in [0.29, 0.717) is 0 Å². The zero-order valence-corrected chi connectivity index (χ0v) is 15.1. The summed E-state index contributed by atoms with van der Waals surface area (Å²) in [4.78, 5) is 23.3. The number of carboxylic acid groups (broad SMARTS) is 1. The van der Waals surface area contributed by atoms with Crippen LogP contribution in [0.2, 0.25) is 0 Å². The van der Waals surface area contributed by atoms with Crippen molar-refractivity contribution in [2.45, 2.75) is 31.2 Å². The van der Waals surface area contributed by atoms with Gasteiger partial charge in [-0.2, -0.15) is 5.10 Å². The third kappa shape index (κ3) is 4.44. The van der Waals surface area contributed by atoms with Crippen molar-refractivity contribution in [3.63, 3.8) is 0 Å². The number of carbonyl (C=O) groups is 2. The maximum Gasteiger partial charge on any atom is 0.335 e. The smallest absolute Gasteiger partial charge is 0.335 e. The molecule has 0 saturated heterocycles. The highest BCUT2D eigenvalue weighted by Crippen LogP contribution is 2.20.